The van der Waals surface area contributed by atoms with E-state index >= 15 is 0 Å². The average Bonchev–Trinajstić information content (AvgIpc) is 2.70. The normalized spacial score (nSPS) is 10.4. The first-order valence-electron chi connectivity index (χ1n) is 5.85. The maximum Gasteiger partial charge on any atom is 0.128 e. The van der Waals surface area contributed by atoms with E-state index in [0.717, 1.165) is 28.8 Å². The van der Waals surface area contributed by atoms with Crippen LogP contribution in [0.4, 0.5) is 5.69 Å². The summed E-state index contributed by atoms with van der Waals surface area (Å²) in [5, 5.41) is 10.4. The van der Waals surface area contributed by atoms with Gasteiger partial charge in [-0.3, -0.25) is 0 Å². The van der Waals surface area contributed by atoms with Crippen LogP contribution in [0.3, 0.4) is 0 Å². The summed E-state index contributed by atoms with van der Waals surface area (Å²) >= 11 is 13.6. The third kappa shape index (κ3) is 2.71. The molecule has 0 bridgehead atoms. The quantitative estimate of drug-likeness (QED) is 0.854. The van der Waals surface area contributed by atoms with Crippen molar-refractivity contribution in [2.45, 2.75) is 19.8 Å². The number of anilines is 1. The van der Waals surface area contributed by atoms with Gasteiger partial charge in [0, 0.05) is 20.5 Å². The van der Waals surface area contributed by atoms with Crippen LogP contribution in [0.5, 0.6) is 0 Å². The first kappa shape index (κ1) is 14.2. The number of thiophene rings is 1. The van der Waals surface area contributed by atoms with Gasteiger partial charge in [0.25, 0.3) is 0 Å². The highest BCUT2D eigenvalue weighted by Gasteiger charge is 2.18. The molecule has 1 aromatic carbocycles. The van der Waals surface area contributed by atoms with Gasteiger partial charge in [-0.2, -0.15) is 5.26 Å². The van der Waals surface area contributed by atoms with Gasteiger partial charge < -0.3 is 5.73 Å². The molecule has 0 unspecified atom stereocenters. The Morgan fingerprint density at radius 3 is 2.74 bits per heavy atom. The predicted octanol–water partition coefficient (Wildman–Crippen LogP) is 5.13. The summed E-state index contributed by atoms with van der Waals surface area (Å²) in [5.41, 5.74) is 8.44. The molecule has 2 rings (SSSR count). The molecule has 1 aromatic heterocycles. The lowest BCUT2D eigenvalue weighted by atomic mass is 10.0. The van der Waals surface area contributed by atoms with Gasteiger partial charge in [-0.05, 0) is 30.2 Å². The van der Waals surface area contributed by atoms with Gasteiger partial charge in [0.15, 0.2) is 0 Å². The number of nitrogens with two attached hydrogens (primary N) is 1. The molecule has 5 heteroatoms. The second kappa shape index (κ2) is 5.83. The Bertz CT molecular complexity index is 656. The van der Waals surface area contributed by atoms with Crippen molar-refractivity contribution < 1.29 is 0 Å². The van der Waals surface area contributed by atoms with E-state index in [0.29, 0.717) is 20.6 Å². The van der Waals surface area contributed by atoms with E-state index in [1.54, 1.807) is 12.1 Å². The van der Waals surface area contributed by atoms with Crippen LogP contribution in [0.15, 0.2) is 18.2 Å². The Morgan fingerprint density at radius 1 is 1.37 bits per heavy atom. The van der Waals surface area contributed by atoms with Crippen molar-refractivity contribution in [3.8, 4) is 16.5 Å². The molecule has 0 saturated heterocycles. The Balaban J connectivity index is 2.67. The summed E-state index contributed by atoms with van der Waals surface area (Å²) in [4.78, 5) is 1.48. The van der Waals surface area contributed by atoms with E-state index in [2.05, 4.69) is 13.0 Å². The minimum Gasteiger partial charge on any atom is -0.397 e. The van der Waals surface area contributed by atoms with Crippen LogP contribution in [-0.4, -0.2) is 0 Å². The van der Waals surface area contributed by atoms with E-state index in [1.165, 1.54) is 11.3 Å². The van der Waals surface area contributed by atoms with Crippen LogP contribution in [0.2, 0.25) is 10.0 Å². The third-order valence-corrected chi connectivity index (χ3v) is 4.57. The molecule has 19 heavy (non-hydrogen) atoms. The number of nitriles is 1. The van der Waals surface area contributed by atoms with Crippen molar-refractivity contribution in [3.63, 3.8) is 0 Å². The summed E-state index contributed by atoms with van der Waals surface area (Å²) in [7, 11) is 0. The topological polar surface area (TPSA) is 49.8 Å². The van der Waals surface area contributed by atoms with Crippen LogP contribution in [-0.2, 0) is 6.42 Å². The highest BCUT2D eigenvalue weighted by molar-refractivity contribution is 7.17. The van der Waals surface area contributed by atoms with Gasteiger partial charge in [-0.15, -0.1) is 11.3 Å². The third-order valence-electron chi connectivity index (χ3n) is 2.82. The smallest absolute Gasteiger partial charge is 0.128 e. The molecule has 98 valence electrons. The molecule has 0 spiro atoms. The largest absolute Gasteiger partial charge is 0.397 e. The first-order chi connectivity index (χ1) is 9.08. The molecule has 0 radical (unpaired) electrons. The fourth-order valence-electron chi connectivity index (χ4n) is 1.95. The van der Waals surface area contributed by atoms with E-state index < -0.39 is 0 Å². The number of hydrogen-bond donors (Lipinski definition) is 1. The molecular formula is C14H12Cl2N2S. The highest BCUT2D eigenvalue weighted by Crippen LogP contribution is 2.42. The molecule has 1 heterocycles. The molecule has 0 atom stereocenters. The van der Waals surface area contributed by atoms with Gasteiger partial charge in [0.2, 0.25) is 0 Å². The summed E-state index contributed by atoms with van der Waals surface area (Å²) in [6.07, 6.45) is 1.78. The molecule has 0 aliphatic carbocycles. The standard InChI is InChI=1S/C14H12Cl2N2S/c1-2-3-9-13(18)12(7-17)19-14(9)10-6-8(15)4-5-11(10)16/h4-6H,2-3,18H2,1H3. The van der Waals surface area contributed by atoms with Crippen molar-refractivity contribution in [2.75, 3.05) is 5.73 Å². The van der Waals surface area contributed by atoms with Crippen LogP contribution >= 0.6 is 34.5 Å². The minimum absolute atomic E-state index is 0.537. The van der Waals surface area contributed by atoms with Crippen molar-refractivity contribution >= 4 is 40.2 Å². The fourth-order valence-corrected chi connectivity index (χ4v) is 3.49. The van der Waals surface area contributed by atoms with Crippen LogP contribution < -0.4 is 5.73 Å². The van der Waals surface area contributed by atoms with E-state index in [4.69, 9.17) is 34.2 Å². The molecule has 0 amide bonds. The van der Waals surface area contributed by atoms with Gasteiger partial charge in [-0.1, -0.05) is 36.5 Å². The molecular weight excluding hydrogens is 299 g/mol. The van der Waals surface area contributed by atoms with Crippen molar-refractivity contribution in [3.05, 3.63) is 38.7 Å². The summed E-state index contributed by atoms with van der Waals surface area (Å²) in [5.74, 6) is 0. The average molecular weight is 311 g/mol. The Kier molecular flexibility index (Phi) is 4.36. The van der Waals surface area contributed by atoms with E-state index in [1.807, 2.05) is 6.07 Å². The lowest BCUT2D eigenvalue weighted by molar-refractivity contribution is 0.930. The maximum absolute atomic E-state index is 9.12. The number of nitrogens with zero attached hydrogens (tertiary/aromatic N) is 1. The fraction of sp³-hybridized carbons (Fsp3) is 0.214. The molecule has 2 aromatic rings. The number of rotatable bonds is 3. The molecule has 2 N–H and O–H groups in total. The zero-order chi connectivity index (χ0) is 14.0. The zero-order valence-corrected chi connectivity index (χ0v) is 12.7. The molecule has 0 aliphatic heterocycles. The summed E-state index contributed by atoms with van der Waals surface area (Å²) in [6, 6.07) is 7.46. The SMILES string of the molecule is CCCc1c(-c2cc(Cl)ccc2Cl)sc(C#N)c1N. The van der Waals surface area contributed by atoms with Gasteiger partial charge in [0.1, 0.15) is 10.9 Å². The minimum atomic E-state index is 0.537. The lowest BCUT2D eigenvalue weighted by Crippen LogP contribution is -1.93. The molecule has 2 nitrogen and oxygen atoms in total. The first-order valence-corrected chi connectivity index (χ1v) is 7.42. The Morgan fingerprint density at radius 2 is 2.11 bits per heavy atom. The predicted molar refractivity (Wildman–Crippen MR) is 82.9 cm³/mol. The maximum atomic E-state index is 9.12. The highest BCUT2D eigenvalue weighted by atomic mass is 35.5. The van der Waals surface area contributed by atoms with Gasteiger partial charge in [0.05, 0.1) is 5.69 Å². The van der Waals surface area contributed by atoms with E-state index in [-0.39, 0.29) is 0 Å². The summed E-state index contributed by atoms with van der Waals surface area (Å²) < 4.78 is 0. The lowest BCUT2D eigenvalue weighted by Gasteiger charge is -2.06. The van der Waals surface area contributed by atoms with Gasteiger partial charge in [-0.25, -0.2) is 0 Å². The number of nitrogen functional groups attached to an aromatic ring is 1. The Hall–Kier alpha value is -1.21. The number of halogens is 2. The number of hydrogen-bond acceptors (Lipinski definition) is 3. The Labute approximate surface area is 126 Å². The van der Waals surface area contributed by atoms with Crippen molar-refractivity contribution in [1.29, 1.82) is 5.26 Å². The van der Waals surface area contributed by atoms with E-state index in [9.17, 15) is 0 Å². The molecule has 0 fully saturated rings. The van der Waals surface area contributed by atoms with Crippen molar-refractivity contribution in [2.24, 2.45) is 0 Å². The summed E-state index contributed by atoms with van der Waals surface area (Å²) in [6.45, 7) is 2.08. The zero-order valence-electron chi connectivity index (χ0n) is 10.3. The second-order valence-electron chi connectivity index (χ2n) is 4.14. The van der Waals surface area contributed by atoms with Crippen LogP contribution in [0.25, 0.3) is 10.4 Å². The second-order valence-corrected chi connectivity index (χ2v) is 6.00. The molecule has 0 saturated carbocycles. The van der Waals surface area contributed by atoms with Crippen molar-refractivity contribution in [1.82, 2.24) is 0 Å². The monoisotopic (exact) mass is 310 g/mol. The van der Waals surface area contributed by atoms with Crippen LogP contribution in [0.1, 0.15) is 23.8 Å². The number of benzene rings is 1. The van der Waals surface area contributed by atoms with Crippen LogP contribution in [0, 0.1) is 11.3 Å². The van der Waals surface area contributed by atoms with Gasteiger partial charge >= 0.3 is 0 Å². The molecule has 0 aliphatic rings.